The molecular weight excluding hydrogens is 246 g/mol. The Labute approximate surface area is 110 Å². The van der Waals surface area contributed by atoms with E-state index in [1.807, 2.05) is 23.8 Å². The van der Waals surface area contributed by atoms with Crippen LogP contribution in [0.4, 0.5) is 5.69 Å². The van der Waals surface area contributed by atoms with Crippen LogP contribution in [0.25, 0.3) is 0 Å². The van der Waals surface area contributed by atoms with Gasteiger partial charge in [0.1, 0.15) is 5.82 Å². The summed E-state index contributed by atoms with van der Waals surface area (Å²) in [5.74, 6) is 1.23. The molecular formula is C13H15N3O3. The van der Waals surface area contributed by atoms with Gasteiger partial charge in [-0.15, -0.1) is 0 Å². The highest BCUT2D eigenvalue weighted by Gasteiger charge is 2.15. The SMILES string of the molecule is CCc1nccn1Cc1ccc(OC)c([N+](=O)[O-])c1. The highest BCUT2D eigenvalue weighted by molar-refractivity contribution is 5.48. The number of hydrogen-bond acceptors (Lipinski definition) is 4. The van der Waals surface area contributed by atoms with Gasteiger partial charge in [0.25, 0.3) is 0 Å². The summed E-state index contributed by atoms with van der Waals surface area (Å²) in [6, 6.07) is 4.99. The maximum Gasteiger partial charge on any atom is 0.311 e. The minimum Gasteiger partial charge on any atom is -0.490 e. The molecule has 0 amide bonds. The summed E-state index contributed by atoms with van der Waals surface area (Å²) in [6.07, 6.45) is 4.43. The van der Waals surface area contributed by atoms with Crippen LogP contribution in [0, 0.1) is 10.1 Å². The summed E-state index contributed by atoms with van der Waals surface area (Å²) in [5, 5.41) is 11.0. The number of hydrogen-bond donors (Lipinski definition) is 0. The largest absolute Gasteiger partial charge is 0.490 e. The molecule has 6 heteroatoms. The van der Waals surface area contributed by atoms with Crippen molar-refractivity contribution in [1.29, 1.82) is 0 Å². The Morgan fingerprint density at radius 3 is 2.89 bits per heavy atom. The zero-order chi connectivity index (χ0) is 13.8. The summed E-state index contributed by atoms with van der Waals surface area (Å²) in [5.41, 5.74) is 0.832. The van der Waals surface area contributed by atoms with Crippen LogP contribution < -0.4 is 4.74 Å². The molecule has 19 heavy (non-hydrogen) atoms. The van der Waals surface area contributed by atoms with Crippen LogP contribution in [0.1, 0.15) is 18.3 Å². The molecule has 0 saturated heterocycles. The Kier molecular flexibility index (Phi) is 3.79. The Bertz CT molecular complexity index is 593. The third-order valence-corrected chi connectivity index (χ3v) is 2.91. The quantitative estimate of drug-likeness (QED) is 0.612. The zero-order valence-corrected chi connectivity index (χ0v) is 10.9. The van der Waals surface area contributed by atoms with Crippen molar-refractivity contribution >= 4 is 5.69 Å². The highest BCUT2D eigenvalue weighted by Crippen LogP contribution is 2.27. The van der Waals surface area contributed by atoms with E-state index in [-0.39, 0.29) is 11.4 Å². The van der Waals surface area contributed by atoms with Gasteiger partial charge in [-0.2, -0.15) is 0 Å². The number of aromatic nitrogens is 2. The van der Waals surface area contributed by atoms with Gasteiger partial charge < -0.3 is 9.30 Å². The molecule has 0 bridgehead atoms. The van der Waals surface area contributed by atoms with Gasteiger partial charge in [0, 0.05) is 31.4 Å². The lowest BCUT2D eigenvalue weighted by Crippen LogP contribution is -2.04. The van der Waals surface area contributed by atoms with Crippen LogP contribution in [0.15, 0.2) is 30.6 Å². The van der Waals surface area contributed by atoms with E-state index in [9.17, 15) is 10.1 Å². The van der Waals surface area contributed by atoms with E-state index in [0.29, 0.717) is 6.54 Å². The number of rotatable bonds is 5. The van der Waals surface area contributed by atoms with E-state index in [1.54, 1.807) is 12.3 Å². The van der Waals surface area contributed by atoms with E-state index in [2.05, 4.69) is 4.98 Å². The average Bonchev–Trinajstić information content (AvgIpc) is 2.85. The summed E-state index contributed by atoms with van der Waals surface area (Å²) >= 11 is 0. The predicted molar refractivity (Wildman–Crippen MR) is 70.4 cm³/mol. The van der Waals surface area contributed by atoms with Crippen LogP contribution in [0.2, 0.25) is 0 Å². The van der Waals surface area contributed by atoms with E-state index in [1.165, 1.54) is 13.2 Å². The number of aryl methyl sites for hydroxylation is 1. The number of benzene rings is 1. The van der Waals surface area contributed by atoms with Crippen LogP contribution in [0.3, 0.4) is 0 Å². The molecule has 0 aliphatic heterocycles. The molecule has 0 spiro atoms. The molecule has 0 aliphatic rings. The Hall–Kier alpha value is -2.37. The zero-order valence-electron chi connectivity index (χ0n) is 10.9. The lowest BCUT2D eigenvalue weighted by atomic mass is 10.2. The fourth-order valence-corrected chi connectivity index (χ4v) is 1.97. The first-order chi connectivity index (χ1) is 9.15. The fourth-order valence-electron chi connectivity index (χ4n) is 1.97. The topological polar surface area (TPSA) is 70.2 Å². The second-order valence-corrected chi connectivity index (χ2v) is 4.09. The van der Waals surface area contributed by atoms with Gasteiger partial charge >= 0.3 is 5.69 Å². The maximum absolute atomic E-state index is 11.0. The first-order valence-corrected chi connectivity index (χ1v) is 5.97. The van der Waals surface area contributed by atoms with Crippen molar-refractivity contribution in [3.63, 3.8) is 0 Å². The second-order valence-electron chi connectivity index (χ2n) is 4.09. The molecule has 2 rings (SSSR count). The standard InChI is InChI=1S/C13H15N3O3/c1-3-13-14-6-7-15(13)9-10-4-5-12(19-2)11(8-10)16(17)18/h4-8H,3,9H2,1-2H3. The maximum atomic E-state index is 11.0. The lowest BCUT2D eigenvalue weighted by Gasteiger charge is -2.08. The second kappa shape index (κ2) is 5.51. The van der Waals surface area contributed by atoms with E-state index in [0.717, 1.165) is 17.8 Å². The molecule has 0 fully saturated rings. The van der Waals surface area contributed by atoms with Crippen molar-refractivity contribution in [1.82, 2.24) is 9.55 Å². The molecule has 100 valence electrons. The summed E-state index contributed by atoms with van der Waals surface area (Å²) in [4.78, 5) is 14.8. The summed E-state index contributed by atoms with van der Waals surface area (Å²) < 4.78 is 6.96. The minimum atomic E-state index is -0.434. The highest BCUT2D eigenvalue weighted by atomic mass is 16.6. The molecule has 6 nitrogen and oxygen atoms in total. The number of nitrogens with zero attached hydrogens (tertiary/aromatic N) is 3. The molecule has 2 aromatic rings. The molecule has 1 aromatic carbocycles. The average molecular weight is 261 g/mol. The van der Waals surface area contributed by atoms with Gasteiger partial charge in [0.15, 0.2) is 5.75 Å². The normalized spacial score (nSPS) is 10.4. The van der Waals surface area contributed by atoms with E-state index in [4.69, 9.17) is 4.74 Å². The smallest absolute Gasteiger partial charge is 0.311 e. The molecule has 0 N–H and O–H groups in total. The molecule has 1 aromatic heterocycles. The third-order valence-electron chi connectivity index (χ3n) is 2.91. The number of ether oxygens (including phenoxy) is 1. The van der Waals surface area contributed by atoms with Crippen molar-refractivity contribution in [2.24, 2.45) is 0 Å². The lowest BCUT2D eigenvalue weighted by molar-refractivity contribution is -0.385. The Morgan fingerprint density at radius 2 is 2.26 bits per heavy atom. The van der Waals surface area contributed by atoms with Gasteiger partial charge in [-0.05, 0) is 11.6 Å². The number of methoxy groups -OCH3 is 1. The van der Waals surface area contributed by atoms with Crippen LogP contribution in [-0.2, 0) is 13.0 Å². The number of nitro groups is 1. The van der Waals surface area contributed by atoms with Crippen molar-refractivity contribution < 1.29 is 9.66 Å². The summed E-state index contributed by atoms with van der Waals surface area (Å²) in [6.45, 7) is 2.59. The molecule has 1 heterocycles. The Balaban J connectivity index is 2.31. The van der Waals surface area contributed by atoms with Crippen molar-refractivity contribution in [3.8, 4) is 5.75 Å². The molecule has 0 radical (unpaired) electrons. The molecule has 0 saturated carbocycles. The van der Waals surface area contributed by atoms with Gasteiger partial charge in [-0.3, -0.25) is 10.1 Å². The van der Waals surface area contributed by atoms with Crippen molar-refractivity contribution in [2.45, 2.75) is 19.9 Å². The number of imidazole rings is 1. The van der Waals surface area contributed by atoms with Crippen molar-refractivity contribution in [3.05, 3.63) is 52.1 Å². The molecule has 0 atom stereocenters. The third kappa shape index (κ3) is 2.73. The summed E-state index contributed by atoms with van der Waals surface area (Å²) in [7, 11) is 1.42. The minimum absolute atomic E-state index is 0.0156. The van der Waals surface area contributed by atoms with Crippen LogP contribution in [-0.4, -0.2) is 21.6 Å². The van der Waals surface area contributed by atoms with Crippen LogP contribution in [0.5, 0.6) is 5.75 Å². The van der Waals surface area contributed by atoms with Gasteiger partial charge in [-0.25, -0.2) is 4.98 Å². The van der Waals surface area contributed by atoms with Crippen molar-refractivity contribution in [2.75, 3.05) is 7.11 Å². The monoisotopic (exact) mass is 261 g/mol. The van der Waals surface area contributed by atoms with Gasteiger partial charge in [0.05, 0.1) is 12.0 Å². The predicted octanol–water partition coefficient (Wildman–Crippen LogP) is 2.41. The molecule has 0 unspecified atom stereocenters. The molecule has 0 aliphatic carbocycles. The first kappa shape index (κ1) is 13.1. The van der Waals surface area contributed by atoms with Crippen LogP contribution >= 0.6 is 0 Å². The van der Waals surface area contributed by atoms with E-state index < -0.39 is 4.92 Å². The number of nitro benzene ring substituents is 1. The van der Waals surface area contributed by atoms with Gasteiger partial charge in [0.2, 0.25) is 0 Å². The first-order valence-electron chi connectivity index (χ1n) is 5.97. The van der Waals surface area contributed by atoms with Gasteiger partial charge in [-0.1, -0.05) is 13.0 Å². The Morgan fingerprint density at radius 1 is 1.47 bits per heavy atom. The fraction of sp³-hybridized carbons (Fsp3) is 0.308. The van der Waals surface area contributed by atoms with E-state index >= 15 is 0 Å².